The molecule has 2 aliphatic carbocycles. The van der Waals surface area contributed by atoms with Crippen molar-refractivity contribution in [2.24, 2.45) is 11.8 Å². The Morgan fingerprint density at radius 1 is 1.21 bits per heavy atom. The van der Waals surface area contributed by atoms with Gasteiger partial charge in [-0.25, -0.2) is 13.1 Å². The highest BCUT2D eigenvalue weighted by atomic mass is 32.2. The van der Waals surface area contributed by atoms with Crippen LogP contribution in [-0.4, -0.2) is 24.4 Å². The molecule has 1 heterocycles. The lowest BCUT2D eigenvalue weighted by molar-refractivity contribution is -0.121. The van der Waals surface area contributed by atoms with Crippen molar-refractivity contribution in [1.82, 2.24) is 14.9 Å². The number of aromatic amines is 1. The number of Topliss-reactive ketones (excluding diaryl/α,β-unsaturated/α-hetero) is 1. The molecule has 0 saturated carbocycles. The van der Waals surface area contributed by atoms with Crippen LogP contribution in [0, 0.1) is 23.2 Å². The van der Waals surface area contributed by atoms with Crippen molar-refractivity contribution in [3.8, 4) is 17.3 Å². The standard InChI is InChI=1S/C26H24N4O3S/c1-16-22-11-10-21-23(18-7-5-6-17(12-18)15-28-34(32)33)29-30-25(21)26(22,13-19(14-27)24(16)31)20-8-3-2-4-9-20/h2-9,12-13,16,22,34H,10-11,15H2,1H3,(H,29,30)(H,28,32,33)/t16-,22?,26+/m0/s1. The fourth-order valence-corrected chi connectivity index (χ4v) is 5.98. The Hall–Kier alpha value is -3.54. The Morgan fingerprint density at radius 2 is 2.00 bits per heavy atom. The average Bonchev–Trinajstić information content (AvgIpc) is 3.30. The van der Waals surface area contributed by atoms with Crippen LogP contribution in [0.5, 0.6) is 0 Å². The number of allylic oxidation sites excluding steroid dienone is 2. The molecule has 2 N–H and O–H groups in total. The van der Waals surface area contributed by atoms with Gasteiger partial charge < -0.3 is 0 Å². The monoisotopic (exact) mass is 472 g/mol. The lowest BCUT2D eigenvalue weighted by atomic mass is 9.54. The first kappa shape index (κ1) is 22.3. The van der Waals surface area contributed by atoms with Gasteiger partial charge in [-0.05, 0) is 42.0 Å². The SMILES string of the molecule is C[C@@H]1C(=O)C(C#N)=C[C@]2(c3ccccc3)c3n[nH]c(-c4cccc(CN[SH](=O)=O)c4)c3CCC12. The summed E-state index contributed by atoms with van der Waals surface area (Å²) >= 11 is 0. The molecule has 0 fully saturated rings. The lowest BCUT2D eigenvalue weighted by Crippen LogP contribution is -2.48. The van der Waals surface area contributed by atoms with Crippen LogP contribution in [0.2, 0.25) is 0 Å². The molecule has 0 spiro atoms. The van der Waals surface area contributed by atoms with Crippen molar-refractivity contribution in [1.29, 1.82) is 5.26 Å². The minimum absolute atomic E-state index is 0.00737. The zero-order valence-corrected chi connectivity index (χ0v) is 19.5. The highest BCUT2D eigenvalue weighted by Crippen LogP contribution is 2.54. The van der Waals surface area contributed by atoms with E-state index in [9.17, 15) is 18.5 Å². The lowest BCUT2D eigenvalue weighted by Gasteiger charge is -2.47. The van der Waals surface area contributed by atoms with E-state index >= 15 is 0 Å². The summed E-state index contributed by atoms with van der Waals surface area (Å²) in [6.07, 6.45) is 3.38. The molecule has 0 bridgehead atoms. The first-order chi connectivity index (χ1) is 16.5. The number of thiol groups is 1. The maximum absolute atomic E-state index is 12.9. The van der Waals surface area contributed by atoms with Gasteiger partial charge in [-0.3, -0.25) is 9.89 Å². The quantitative estimate of drug-likeness (QED) is 0.493. The minimum Gasteiger partial charge on any atom is -0.293 e. The Morgan fingerprint density at radius 3 is 2.74 bits per heavy atom. The molecule has 8 heteroatoms. The molecule has 0 radical (unpaired) electrons. The topological polar surface area (TPSA) is 116 Å². The summed E-state index contributed by atoms with van der Waals surface area (Å²) in [7, 11) is -2.67. The second-order valence-corrected chi connectivity index (χ2v) is 9.75. The number of hydrogen-bond acceptors (Lipinski definition) is 5. The first-order valence-corrected chi connectivity index (χ1v) is 12.4. The van der Waals surface area contributed by atoms with Crippen molar-refractivity contribution in [2.75, 3.05) is 0 Å². The molecule has 2 aliphatic rings. The minimum atomic E-state index is -2.67. The second kappa shape index (κ2) is 8.67. The molecule has 0 amide bonds. The molecule has 3 atom stereocenters. The summed E-state index contributed by atoms with van der Waals surface area (Å²) in [4.78, 5) is 12.9. The van der Waals surface area contributed by atoms with E-state index in [4.69, 9.17) is 5.10 Å². The molecule has 0 saturated heterocycles. The van der Waals surface area contributed by atoms with Gasteiger partial charge in [-0.15, -0.1) is 0 Å². The third kappa shape index (κ3) is 3.49. The number of nitrogens with one attached hydrogen (secondary N) is 2. The fraction of sp³-hybridized carbons (Fsp3) is 0.269. The number of hydrogen-bond donors (Lipinski definition) is 3. The van der Waals surface area contributed by atoms with Crippen molar-refractivity contribution < 1.29 is 13.2 Å². The van der Waals surface area contributed by atoms with Gasteiger partial charge in [0.2, 0.25) is 10.9 Å². The predicted molar refractivity (Wildman–Crippen MR) is 128 cm³/mol. The van der Waals surface area contributed by atoms with Crippen molar-refractivity contribution in [3.63, 3.8) is 0 Å². The van der Waals surface area contributed by atoms with E-state index in [0.29, 0.717) is 0 Å². The number of carbonyl (C=O) groups is 1. The summed E-state index contributed by atoms with van der Waals surface area (Å²) in [6.45, 7) is 2.14. The Balaban J connectivity index is 1.69. The largest absolute Gasteiger partial charge is 0.293 e. The van der Waals surface area contributed by atoms with Crippen LogP contribution in [0.3, 0.4) is 0 Å². The van der Waals surface area contributed by atoms with Gasteiger partial charge in [-0.1, -0.05) is 55.5 Å². The molecule has 1 aromatic heterocycles. The van der Waals surface area contributed by atoms with Crippen molar-refractivity contribution in [3.05, 3.63) is 88.6 Å². The smallest absolute Gasteiger partial charge is 0.201 e. The highest BCUT2D eigenvalue weighted by molar-refractivity contribution is 7.70. The summed E-state index contributed by atoms with van der Waals surface area (Å²) in [5.41, 5.74) is 5.08. The molecule has 3 aromatic rings. The number of H-pyrrole nitrogens is 1. The number of benzene rings is 2. The first-order valence-electron chi connectivity index (χ1n) is 11.2. The maximum atomic E-state index is 12.9. The molecular formula is C26H24N4O3S. The summed E-state index contributed by atoms with van der Waals surface area (Å²) < 4.78 is 24.3. The number of fused-ring (bicyclic) bond motifs is 3. The van der Waals surface area contributed by atoms with Crippen molar-refractivity contribution in [2.45, 2.75) is 31.7 Å². The van der Waals surface area contributed by atoms with Crippen LogP contribution in [0.4, 0.5) is 0 Å². The second-order valence-electron chi connectivity index (χ2n) is 8.92. The molecule has 2 aromatic carbocycles. The molecule has 34 heavy (non-hydrogen) atoms. The average molecular weight is 473 g/mol. The van der Waals surface area contributed by atoms with E-state index in [1.54, 1.807) is 0 Å². The van der Waals surface area contributed by atoms with Gasteiger partial charge in [0.15, 0.2) is 5.78 Å². The Labute approximate surface area is 199 Å². The number of rotatable bonds is 5. The van der Waals surface area contributed by atoms with Gasteiger partial charge >= 0.3 is 0 Å². The van der Waals surface area contributed by atoms with Crippen LogP contribution >= 0.6 is 0 Å². The van der Waals surface area contributed by atoms with E-state index < -0.39 is 16.3 Å². The zero-order chi connectivity index (χ0) is 23.9. The van der Waals surface area contributed by atoms with E-state index in [1.807, 2.05) is 67.6 Å². The normalized spacial score (nSPS) is 23.7. The summed E-state index contributed by atoms with van der Waals surface area (Å²) in [6, 6.07) is 19.8. The Kier molecular flexibility index (Phi) is 5.68. The van der Waals surface area contributed by atoms with Gasteiger partial charge in [0.05, 0.1) is 22.4 Å². The zero-order valence-electron chi connectivity index (χ0n) is 18.6. The van der Waals surface area contributed by atoms with Crippen molar-refractivity contribution >= 4 is 16.7 Å². The molecule has 7 nitrogen and oxygen atoms in total. The fourth-order valence-electron chi connectivity index (χ4n) is 5.67. The van der Waals surface area contributed by atoms with E-state index in [0.717, 1.165) is 46.5 Å². The highest BCUT2D eigenvalue weighted by Gasteiger charge is 2.53. The molecular weight excluding hydrogens is 448 g/mol. The number of nitrogens with zero attached hydrogens (tertiary/aromatic N) is 2. The molecule has 172 valence electrons. The van der Waals surface area contributed by atoms with Gasteiger partial charge in [-0.2, -0.15) is 10.4 Å². The number of aromatic nitrogens is 2. The van der Waals surface area contributed by atoms with E-state index in [-0.39, 0.29) is 29.7 Å². The van der Waals surface area contributed by atoms with Gasteiger partial charge in [0.1, 0.15) is 6.07 Å². The van der Waals surface area contributed by atoms with Gasteiger partial charge in [0, 0.05) is 23.6 Å². The van der Waals surface area contributed by atoms with E-state index in [2.05, 4.69) is 15.9 Å². The number of carbonyl (C=O) groups excluding carboxylic acids is 1. The Bertz CT molecular complexity index is 1410. The molecule has 0 aliphatic heterocycles. The van der Waals surface area contributed by atoms with Gasteiger partial charge in [0.25, 0.3) is 0 Å². The number of ketones is 1. The molecule has 1 unspecified atom stereocenters. The van der Waals surface area contributed by atoms with Crippen LogP contribution < -0.4 is 4.72 Å². The van der Waals surface area contributed by atoms with Crippen LogP contribution in [-0.2, 0) is 34.1 Å². The molecule has 5 rings (SSSR count). The van der Waals surface area contributed by atoms with Crippen LogP contribution in [0.15, 0.2) is 66.2 Å². The van der Waals surface area contributed by atoms with E-state index in [1.165, 1.54) is 0 Å². The predicted octanol–water partition coefficient (Wildman–Crippen LogP) is 3.21. The summed E-state index contributed by atoms with van der Waals surface area (Å²) in [5, 5.41) is 17.8. The third-order valence-electron chi connectivity index (χ3n) is 7.20. The third-order valence-corrected chi connectivity index (χ3v) is 7.62. The summed E-state index contributed by atoms with van der Waals surface area (Å²) in [5.74, 6) is -0.404. The number of nitriles is 1. The maximum Gasteiger partial charge on any atom is 0.201 e. The van der Waals surface area contributed by atoms with Crippen LogP contribution in [0.25, 0.3) is 11.3 Å². The van der Waals surface area contributed by atoms with Crippen LogP contribution in [0.1, 0.15) is 35.7 Å².